The van der Waals surface area contributed by atoms with E-state index in [1.807, 2.05) is 13.8 Å². The van der Waals surface area contributed by atoms with E-state index in [1.54, 1.807) is 0 Å². The summed E-state index contributed by atoms with van der Waals surface area (Å²) in [6.45, 7) is 10.7. The molecule has 0 atom stereocenters. The van der Waals surface area contributed by atoms with E-state index in [4.69, 9.17) is 0 Å². The van der Waals surface area contributed by atoms with Crippen LogP contribution in [0.5, 0.6) is 0 Å². The Bertz CT molecular complexity index is 268. The van der Waals surface area contributed by atoms with Gasteiger partial charge in [-0.05, 0) is 36.8 Å². The fraction of sp³-hybridized carbons (Fsp3) is 0.571. The molecule has 5 heteroatoms. The molecule has 0 unspecified atom stereocenters. The first-order valence-corrected chi connectivity index (χ1v) is 6.14. The van der Waals surface area contributed by atoms with Gasteiger partial charge in [0.2, 0.25) is 0 Å². The molecule has 0 amide bonds. The molecule has 0 aliphatic heterocycles. The van der Waals surface area contributed by atoms with Crippen molar-refractivity contribution in [3.05, 3.63) is 24.3 Å². The van der Waals surface area contributed by atoms with Crippen LogP contribution in [-0.4, -0.2) is 35.0 Å². The van der Waals surface area contributed by atoms with Crippen LogP contribution in [0.3, 0.4) is 0 Å². The Balaban J connectivity index is -0.000000256. The molecule has 0 aromatic heterocycles. The van der Waals surface area contributed by atoms with Gasteiger partial charge in [0, 0.05) is 0 Å². The Hall–Kier alpha value is -0.814. The van der Waals surface area contributed by atoms with Gasteiger partial charge in [-0.1, -0.05) is 39.8 Å². The number of hydrogen-bond acceptors (Lipinski definition) is 4. The van der Waals surface area contributed by atoms with Crippen molar-refractivity contribution in [2.75, 3.05) is 0 Å². The van der Waals surface area contributed by atoms with Crippen LogP contribution in [0.2, 0.25) is 0 Å². The van der Waals surface area contributed by atoms with Crippen molar-refractivity contribution in [1.82, 2.24) is 0 Å². The molecule has 0 radical (unpaired) electrons. The number of unbranched alkanes of at least 4 members (excludes halogenated alkanes) is 2. The summed E-state index contributed by atoms with van der Waals surface area (Å²) in [5.41, 5.74) is 0.411. The normalized spacial score (nSPS) is 8.53. The second-order valence-electron chi connectivity index (χ2n) is 3.99. The number of carboxylic acid groups (broad SMARTS) is 2. The topological polar surface area (TPSA) is 80.3 Å². The van der Waals surface area contributed by atoms with Crippen molar-refractivity contribution in [2.24, 2.45) is 0 Å². The van der Waals surface area contributed by atoms with Crippen molar-refractivity contribution in [3.8, 4) is 0 Å². The second-order valence-corrected chi connectivity index (χ2v) is 3.99. The van der Waals surface area contributed by atoms with E-state index in [1.165, 1.54) is 0 Å². The van der Waals surface area contributed by atoms with E-state index in [-0.39, 0.29) is 34.2 Å². The van der Waals surface area contributed by atoms with Gasteiger partial charge in [-0.3, -0.25) is 0 Å². The van der Waals surface area contributed by atoms with Gasteiger partial charge in [0.15, 0.2) is 0 Å². The number of rotatable bonds is 8. The van der Waals surface area contributed by atoms with Gasteiger partial charge in [0.25, 0.3) is 0 Å². The third kappa shape index (κ3) is 17.2. The van der Waals surface area contributed by atoms with E-state index in [2.05, 4.69) is 13.2 Å². The van der Waals surface area contributed by atoms with Crippen LogP contribution in [0, 0.1) is 0 Å². The summed E-state index contributed by atoms with van der Waals surface area (Å²) < 4.78 is 0. The molecule has 0 saturated carbocycles. The molecule has 104 valence electrons. The standard InChI is InChI=1S/2C7H12O2.Mg/c2*1-3-4-5-6(2)7(8)9;/h2*2-5H2,1H3,(H,8,9);/q;;+2/p-2. The van der Waals surface area contributed by atoms with E-state index < -0.39 is 11.9 Å². The minimum atomic E-state index is -1.12. The first-order valence-electron chi connectivity index (χ1n) is 6.14. The van der Waals surface area contributed by atoms with E-state index in [0.717, 1.165) is 25.7 Å². The summed E-state index contributed by atoms with van der Waals surface area (Å²) in [4.78, 5) is 20.0. The Morgan fingerprint density at radius 1 is 0.842 bits per heavy atom. The molecule has 0 aromatic carbocycles. The summed E-state index contributed by atoms with van der Waals surface area (Å²) >= 11 is 0. The molecule has 0 rings (SSSR count). The Morgan fingerprint density at radius 3 is 1.26 bits per heavy atom. The third-order valence-corrected chi connectivity index (χ3v) is 2.24. The summed E-state index contributed by atoms with van der Waals surface area (Å²) in [6, 6.07) is 0. The number of carbonyl (C=O) groups excluding carboxylic acids is 2. The summed E-state index contributed by atoms with van der Waals surface area (Å²) in [6.07, 6.45) is 4.86. The van der Waals surface area contributed by atoms with Gasteiger partial charge >= 0.3 is 23.1 Å². The average molecular weight is 279 g/mol. The molecule has 0 heterocycles. The molecular weight excluding hydrogens is 256 g/mol. The van der Waals surface area contributed by atoms with Crippen LogP contribution in [0.25, 0.3) is 0 Å². The fourth-order valence-electron chi connectivity index (χ4n) is 0.984. The fourth-order valence-corrected chi connectivity index (χ4v) is 0.984. The van der Waals surface area contributed by atoms with Gasteiger partial charge in [0.05, 0.1) is 11.9 Å². The minimum absolute atomic E-state index is 0. The van der Waals surface area contributed by atoms with Gasteiger partial charge in [-0.2, -0.15) is 0 Å². The molecule has 0 N–H and O–H groups in total. The molecule has 0 bridgehead atoms. The van der Waals surface area contributed by atoms with Crippen molar-refractivity contribution in [2.45, 2.75) is 52.4 Å². The quantitative estimate of drug-likeness (QED) is 0.480. The predicted octanol–water partition coefficient (Wildman–Crippen LogP) is 0.585. The summed E-state index contributed by atoms with van der Waals surface area (Å²) in [5, 5.41) is 20.0. The molecule has 0 saturated heterocycles. The molecular formula is C14H22MgO4. The zero-order valence-electron chi connectivity index (χ0n) is 12.0. The number of hydrogen-bond donors (Lipinski definition) is 0. The molecule has 0 fully saturated rings. The molecule has 0 spiro atoms. The Kier molecular flexibility index (Phi) is 18.7. The molecule has 0 aliphatic carbocycles. The van der Waals surface area contributed by atoms with Crippen LogP contribution < -0.4 is 10.2 Å². The van der Waals surface area contributed by atoms with E-state index >= 15 is 0 Å². The number of aliphatic carboxylic acids is 2. The van der Waals surface area contributed by atoms with Crippen molar-refractivity contribution < 1.29 is 19.8 Å². The molecule has 0 aliphatic rings. The van der Waals surface area contributed by atoms with E-state index in [0.29, 0.717) is 12.8 Å². The van der Waals surface area contributed by atoms with Crippen LogP contribution in [-0.2, 0) is 9.59 Å². The predicted molar refractivity (Wildman–Crippen MR) is 73.1 cm³/mol. The van der Waals surface area contributed by atoms with Crippen LogP contribution >= 0.6 is 0 Å². The summed E-state index contributed by atoms with van der Waals surface area (Å²) in [7, 11) is 0. The second kappa shape index (κ2) is 15.2. The number of carbonyl (C=O) groups is 2. The molecule has 4 nitrogen and oxygen atoms in total. The third-order valence-electron chi connectivity index (χ3n) is 2.24. The van der Waals surface area contributed by atoms with Crippen molar-refractivity contribution in [3.63, 3.8) is 0 Å². The van der Waals surface area contributed by atoms with Crippen LogP contribution in [0.4, 0.5) is 0 Å². The zero-order chi connectivity index (χ0) is 14.6. The van der Waals surface area contributed by atoms with Crippen LogP contribution in [0.1, 0.15) is 52.4 Å². The first-order chi connectivity index (χ1) is 8.36. The SMILES string of the molecule is C=C(CCCC)C(=O)[O-].C=C(CCCC)C(=O)[O-].[Mg+2]. The maximum absolute atomic E-state index is 9.99. The van der Waals surface area contributed by atoms with Gasteiger partial charge in [0.1, 0.15) is 0 Å². The van der Waals surface area contributed by atoms with Crippen LogP contribution in [0.15, 0.2) is 24.3 Å². The Morgan fingerprint density at radius 2 is 1.11 bits per heavy atom. The van der Waals surface area contributed by atoms with E-state index in [9.17, 15) is 19.8 Å². The number of carboxylic acids is 2. The van der Waals surface area contributed by atoms with Gasteiger partial charge in [-0.25, -0.2) is 0 Å². The zero-order valence-corrected chi connectivity index (χ0v) is 13.4. The maximum atomic E-state index is 9.99. The summed E-state index contributed by atoms with van der Waals surface area (Å²) in [5.74, 6) is -2.24. The van der Waals surface area contributed by atoms with Gasteiger partial charge in [-0.15, -0.1) is 0 Å². The monoisotopic (exact) mass is 278 g/mol. The largest absolute Gasteiger partial charge is 2.00 e. The van der Waals surface area contributed by atoms with Crippen molar-refractivity contribution in [1.29, 1.82) is 0 Å². The smallest absolute Gasteiger partial charge is 0.545 e. The van der Waals surface area contributed by atoms with Crippen molar-refractivity contribution >= 4 is 35.0 Å². The average Bonchev–Trinajstić information content (AvgIpc) is 2.33. The molecule has 0 aromatic rings. The minimum Gasteiger partial charge on any atom is -0.545 e. The maximum Gasteiger partial charge on any atom is 2.00 e. The Labute approximate surface area is 131 Å². The first kappa shape index (κ1) is 23.3. The van der Waals surface area contributed by atoms with Gasteiger partial charge < -0.3 is 19.8 Å². The molecule has 19 heavy (non-hydrogen) atoms.